The zero-order valence-corrected chi connectivity index (χ0v) is 12.5. The number of benzene rings is 1. The second-order valence-corrected chi connectivity index (χ2v) is 4.83. The minimum Gasteiger partial charge on any atom is -0.295 e. The highest BCUT2D eigenvalue weighted by molar-refractivity contribution is 5.46. The van der Waals surface area contributed by atoms with Gasteiger partial charge in [0.15, 0.2) is 0 Å². The standard InChI is InChI=1S/C16H9F3N4O2/c17-16(18,19)12-5-3-11(4-6-12)2-1-9-23-14(22-25-15(23)24)13-10-20-7-8-21-13/h3-8,10H,9H2. The smallest absolute Gasteiger partial charge is 0.295 e. The predicted octanol–water partition coefficient (Wildman–Crippen LogP) is 2.36. The van der Waals surface area contributed by atoms with Gasteiger partial charge in [0.1, 0.15) is 5.69 Å². The van der Waals surface area contributed by atoms with Gasteiger partial charge < -0.3 is 0 Å². The van der Waals surface area contributed by atoms with E-state index >= 15 is 0 Å². The maximum atomic E-state index is 12.5. The molecule has 0 aliphatic carbocycles. The van der Waals surface area contributed by atoms with E-state index in [0.29, 0.717) is 11.3 Å². The third-order valence-electron chi connectivity index (χ3n) is 3.16. The molecular weight excluding hydrogens is 337 g/mol. The molecule has 0 radical (unpaired) electrons. The van der Waals surface area contributed by atoms with E-state index in [1.54, 1.807) is 0 Å². The van der Waals surface area contributed by atoms with E-state index in [1.165, 1.54) is 30.7 Å². The normalized spacial score (nSPS) is 11.0. The fourth-order valence-corrected chi connectivity index (χ4v) is 1.97. The number of alkyl halides is 3. The Labute approximate surface area is 138 Å². The minimum atomic E-state index is -4.40. The van der Waals surface area contributed by atoms with Crippen LogP contribution in [0.4, 0.5) is 13.2 Å². The summed E-state index contributed by atoms with van der Waals surface area (Å²) in [6.07, 6.45) is -0.0758. The first-order valence-corrected chi connectivity index (χ1v) is 6.94. The van der Waals surface area contributed by atoms with Gasteiger partial charge in [0.2, 0.25) is 5.82 Å². The number of nitrogens with zero attached hydrogens (tertiary/aromatic N) is 4. The van der Waals surface area contributed by atoms with Crippen molar-refractivity contribution in [1.29, 1.82) is 0 Å². The van der Waals surface area contributed by atoms with Crippen molar-refractivity contribution in [2.75, 3.05) is 0 Å². The molecule has 0 atom stereocenters. The fourth-order valence-electron chi connectivity index (χ4n) is 1.97. The molecule has 126 valence electrons. The van der Waals surface area contributed by atoms with Crippen molar-refractivity contribution in [3.63, 3.8) is 0 Å². The lowest BCUT2D eigenvalue weighted by Gasteiger charge is -2.05. The Morgan fingerprint density at radius 2 is 1.92 bits per heavy atom. The van der Waals surface area contributed by atoms with Crippen LogP contribution in [-0.4, -0.2) is 19.7 Å². The van der Waals surface area contributed by atoms with Gasteiger partial charge in [0, 0.05) is 18.0 Å². The maximum Gasteiger partial charge on any atom is 0.442 e. The van der Waals surface area contributed by atoms with Crippen molar-refractivity contribution in [3.05, 3.63) is 64.5 Å². The third kappa shape index (κ3) is 3.74. The number of hydrogen-bond acceptors (Lipinski definition) is 5. The van der Waals surface area contributed by atoms with E-state index in [-0.39, 0.29) is 12.4 Å². The lowest BCUT2D eigenvalue weighted by atomic mass is 10.1. The molecule has 1 aromatic carbocycles. The van der Waals surface area contributed by atoms with Gasteiger partial charge in [-0.05, 0) is 24.3 Å². The third-order valence-corrected chi connectivity index (χ3v) is 3.16. The van der Waals surface area contributed by atoms with E-state index in [2.05, 4.69) is 31.5 Å². The van der Waals surface area contributed by atoms with Gasteiger partial charge in [-0.15, -0.1) is 0 Å². The molecule has 9 heteroatoms. The minimum absolute atomic E-state index is 0.0603. The van der Waals surface area contributed by atoms with Gasteiger partial charge in [0.05, 0.1) is 18.3 Å². The van der Waals surface area contributed by atoms with Gasteiger partial charge in [-0.3, -0.25) is 9.51 Å². The van der Waals surface area contributed by atoms with Gasteiger partial charge in [-0.25, -0.2) is 14.3 Å². The second-order valence-electron chi connectivity index (χ2n) is 4.83. The molecule has 0 saturated carbocycles. The molecule has 2 heterocycles. The number of aromatic nitrogens is 4. The average Bonchev–Trinajstić information content (AvgIpc) is 2.96. The van der Waals surface area contributed by atoms with Gasteiger partial charge in [-0.1, -0.05) is 17.0 Å². The van der Waals surface area contributed by atoms with Crippen LogP contribution in [0.25, 0.3) is 11.5 Å². The molecule has 0 saturated heterocycles. The zero-order valence-electron chi connectivity index (χ0n) is 12.5. The number of hydrogen-bond donors (Lipinski definition) is 0. The highest BCUT2D eigenvalue weighted by Crippen LogP contribution is 2.28. The quantitative estimate of drug-likeness (QED) is 0.666. The van der Waals surface area contributed by atoms with Crippen molar-refractivity contribution in [3.8, 4) is 23.4 Å². The first kappa shape index (κ1) is 16.4. The summed E-state index contributed by atoms with van der Waals surface area (Å²) in [4.78, 5) is 19.6. The Kier molecular flexibility index (Phi) is 4.35. The number of halogens is 3. The lowest BCUT2D eigenvalue weighted by Crippen LogP contribution is -2.15. The van der Waals surface area contributed by atoms with Crippen LogP contribution >= 0.6 is 0 Å². The number of rotatable bonds is 2. The largest absolute Gasteiger partial charge is 0.442 e. The average molecular weight is 346 g/mol. The van der Waals surface area contributed by atoms with Gasteiger partial charge >= 0.3 is 11.9 Å². The van der Waals surface area contributed by atoms with E-state index < -0.39 is 17.5 Å². The first-order valence-electron chi connectivity index (χ1n) is 6.94. The summed E-state index contributed by atoms with van der Waals surface area (Å²) in [5.41, 5.74) is -0.0264. The van der Waals surface area contributed by atoms with E-state index in [4.69, 9.17) is 0 Å². The molecule has 0 aliphatic rings. The van der Waals surface area contributed by atoms with E-state index in [9.17, 15) is 18.0 Å². The summed E-state index contributed by atoms with van der Waals surface area (Å²) in [5.74, 6) is 4.83. The molecule has 0 spiro atoms. The van der Waals surface area contributed by atoms with Crippen LogP contribution in [0.3, 0.4) is 0 Å². The summed E-state index contributed by atoms with van der Waals surface area (Å²) in [6.45, 7) is -0.0603. The zero-order chi connectivity index (χ0) is 17.9. The van der Waals surface area contributed by atoms with Crippen molar-refractivity contribution in [1.82, 2.24) is 19.7 Å². The molecule has 0 aliphatic heterocycles. The second kappa shape index (κ2) is 6.60. The van der Waals surface area contributed by atoms with Crippen LogP contribution in [0.5, 0.6) is 0 Å². The van der Waals surface area contributed by atoms with Crippen LogP contribution in [0, 0.1) is 11.8 Å². The van der Waals surface area contributed by atoms with Gasteiger partial charge in [-0.2, -0.15) is 13.2 Å². The van der Waals surface area contributed by atoms with Crippen LogP contribution in [0.2, 0.25) is 0 Å². The maximum absolute atomic E-state index is 12.5. The Bertz CT molecular complexity index is 980. The van der Waals surface area contributed by atoms with Crippen molar-refractivity contribution < 1.29 is 17.7 Å². The first-order chi connectivity index (χ1) is 11.9. The highest BCUT2D eigenvalue weighted by Gasteiger charge is 2.29. The van der Waals surface area contributed by atoms with Crippen molar-refractivity contribution in [2.24, 2.45) is 0 Å². The molecule has 0 amide bonds. The molecule has 0 fully saturated rings. The lowest BCUT2D eigenvalue weighted by molar-refractivity contribution is -0.137. The molecular formula is C16H9F3N4O2. The van der Waals surface area contributed by atoms with Crippen LogP contribution in [-0.2, 0) is 12.7 Å². The van der Waals surface area contributed by atoms with Crippen molar-refractivity contribution >= 4 is 0 Å². The Morgan fingerprint density at radius 1 is 1.16 bits per heavy atom. The molecule has 0 unspecified atom stereocenters. The topological polar surface area (TPSA) is 73.8 Å². The fraction of sp³-hybridized carbons (Fsp3) is 0.125. The summed E-state index contributed by atoms with van der Waals surface area (Å²) >= 11 is 0. The Hall–Kier alpha value is -3.41. The van der Waals surface area contributed by atoms with Gasteiger partial charge in [0.25, 0.3) is 0 Å². The van der Waals surface area contributed by atoms with Crippen LogP contribution in [0.1, 0.15) is 11.1 Å². The summed E-state index contributed by atoms with van der Waals surface area (Å²) in [6, 6.07) is 4.41. The highest BCUT2D eigenvalue weighted by atomic mass is 19.4. The molecule has 0 N–H and O–H groups in total. The molecule has 25 heavy (non-hydrogen) atoms. The van der Waals surface area contributed by atoms with Crippen LogP contribution in [0.15, 0.2) is 52.2 Å². The summed E-state index contributed by atoms with van der Waals surface area (Å²) < 4.78 is 43.3. The van der Waals surface area contributed by atoms with E-state index in [0.717, 1.165) is 16.7 Å². The SMILES string of the molecule is O=c1onc(-c2cnccn2)n1CC#Cc1ccc(C(F)(F)F)cc1. The monoisotopic (exact) mass is 346 g/mol. The van der Waals surface area contributed by atoms with Crippen molar-refractivity contribution in [2.45, 2.75) is 12.7 Å². The summed E-state index contributed by atoms with van der Waals surface area (Å²) in [7, 11) is 0. The summed E-state index contributed by atoms with van der Waals surface area (Å²) in [5, 5.41) is 3.63. The Morgan fingerprint density at radius 3 is 2.56 bits per heavy atom. The Balaban J connectivity index is 1.81. The molecule has 6 nitrogen and oxygen atoms in total. The van der Waals surface area contributed by atoms with Crippen LogP contribution < -0.4 is 5.76 Å². The molecule has 3 aromatic rings. The van der Waals surface area contributed by atoms with E-state index in [1.807, 2.05) is 0 Å². The molecule has 3 rings (SSSR count). The molecule has 2 aromatic heterocycles. The predicted molar refractivity (Wildman–Crippen MR) is 80.1 cm³/mol. The molecule has 0 bridgehead atoms.